The van der Waals surface area contributed by atoms with Crippen molar-refractivity contribution in [1.82, 2.24) is 14.8 Å². The molecule has 5 heteroatoms. The fourth-order valence-electron chi connectivity index (χ4n) is 2.11. The zero-order chi connectivity index (χ0) is 14.8. The minimum atomic E-state index is 0.547. The summed E-state index contributed by atoms with van der Waals surface area (Å²) >= 11 is 3.40. The molecule has 0 fully saturated rings. The van der Waals surface area contributed by atoms with Gasteiger partial charge in [-0.2, -0.15) is 5.10 Å². The summed E-state index contributed by atoms with van der Waals surface area (Å²) in [5.74, 6) is 0. The molecule has 0 aliphatic carbocycles. The lowest BCUT2D eigenvalue weighted by molar-refractivity contribution is 0.112. The summed E-state index contributed by atoms with van der Waals surface area (Å²) in [6.45, 7) is 1.96. The van der Waals surface area contributed by atoms with Crippen LogP contribution in [-0.2, 0) is 0 Å². The van der Waals surface area contributed by atoms with Gasteiger partial charge >= 0.3 is 0 Å². The lowest BCUT2D eigenvalue weighted by atomic mass is 10.1. The molecule has 104 valence electrons. The van der Waals surface area contributed by atoms with Crippen LogP contribution in [0.25, 0.3) is 16.9 Å². The molecule has 0 aliphatic rings. The highest BCUT2D eigenvalue weighted by molar-refractivity contribution is 9.10. The number of carbonyl (C=O) groups is 1. The van der Waals surface area contributed by atoms with Gasteiger partial charge < -0.3 is 0 Å². The van der Waals surface area contributed by atoms with Gasteiger partial charge in [-0.25, -0.2) is 4.68 Å². The van der Waals surface area contributed by atoms with E-state index in [-0.39, 0.29) is 0 Å². The highest BCUT2D eigenvalue weighted by Crippen LogP contribution is 2.23. The third-order valence-electron chi connectivity index (χ3n) is 3.11. The summed E-state index contributed by atoms with van der Waals surface area (Å²) in [6.07, 6.45) is 6.04. The Kier molecular flexibility index (Phi) is 3.66. The van der Waals surface area contributed by atoms with E-state index in [2.05, 4.69) is 26.0 Å². The third-order valence-corrected chi connectivity index (χ3v) is 3.64. The van der Waals surface area contributed by atoms with Crippen LogP contribution in [-0.4, -0.2) is 21.1 Å². The molecule has 0 atom stereocenters. The molecular formula is C16H12BrN3O. The number of aromatic nitrogens is 3. The first-order chi connectivity index (χ1) is 10.2. The highest BCUT2D eigenvalue weighted by atomic mass is 79.9. The van der Waals surface area contributed by atoms with E-state index in [0.29, 0.717) is 11.3 Å². The maximum atomic E-state index is 11.3. The Morgan fingerprint density at radius 2 is 1.95 bits per heavy atom. The standard InChI is InChI=1S/C16H12BrN3O/c1-11-6-12(8-18-7-11)16-13(10-21)9-20(19-16)15-4-2-14(17)3-5-15/h2-10H,1H3. The van der Waals surface area contributed by atoms with Crippen LogP contribution in [0, 0.1) is 6.92 Å². The molecule has 0 unspecified atom stereocenters. The number of aryl methyl sites for hydroxylation is 1. The maximum Gasteiger partial charge on any atom is 0.153 e. The van der Waals surface area contributed by atoms with Crippen LogP contribution in [0.5, 0.6) is 0 Å². The molecule has 3 aromatic rings. The SMILES string of the molecule is Cc1cncc(-c2nn(-c3ccc(Br)cc3)cc2C=O)c1. The normalized spacial score (nSPS) is 10.6. The summed E-state index contributed by atoms with van der Waals surface area (Å²) < 4.78 is 2.70. The molecule has 0 spiro atoms. The second kappa shape index (κ2) is 5.61. The van der Waals surface area contributed by atoms with Crippen LogP contribution in [0.3, 0.4) is 0 Å². The zero-order valence-electron chi connectivity index (χ0n) is 11.3. The predicted molar refractivity (Wildman–Crippen MR) is 84.6 cm³/mol. The van der Waals surface area contributed by atoms with E-state index in [0.717, 1.165) is 27.6 Å². The van der Waals surface area contributed by atoms with E-state index in [4.69, 9.17) is 0 Å². The molecule has 0 amide bonds. The van der Waals surface area contributed by atoms with Crippen LogP contribution in [0.2, 0.25) is 0 Å². The number of pyridine rings is 1. The molecule has 0 bridgehead atoms. The Labute approximate surface area is 130 Å². The van der Waals surface area contributed by atoms with Crippen molar-refractivity contribution in [3.8, 4) is 16.9 Å². The Bertz CT molecular complexity index is 794. The number of hydrogen-bond acceptors (Lipinski definition) is 3. The topological polar surface area (TPSA) is 47.8 Å². The van der Waals surface area contributed by atoms with Gasteiger partial charge in [-0.1, -0.05) is 15.9 Å². The zero-order valence-corrected chi connectivity index (χ0v) is 12.9. The van der Waals surface area contributed by atoms with Crippen LogP contribution in [0.1, 0.15) is 15.9 Å². The minimum absolute atomic E-state index is 0.547. The number of nitrogens with zero attached hydrogens (tertiary/aromatic N) is 3. The first-order valence-corrected chi connectivity index (χ1v) is 7.19. The lowest BCUT2D eigenvalue weighted by Crippen LogP contribution is -1.94. The van der Waals surface area contributed by atoms with Crippen molar-refractivity contribution in [1.29, 1.82) is 0 Å². The van der Waals surface area contributed by atoms with Crippen LogP contribution < -0.4 is 0 Å². The van der Waals surface area contributed by atoms with Crippen molar-refractivity contribution in [2.75, 3.05) is 0 Å². The predicted octanol–water partition coefficient (Wildman–Crippen LogP) is 3.82. The van der Waals surface area contributed by atoms with E-state index >= 15 is 0 Å². The number of halogens is 1. The largest absolute Gasteiger partial charge is 0.298 e. The molecular weight excluding hydrogens is 330 g/mol. The number of carbonyl (C=O) groups excluding carboxylic acids is 1. The van der Waals surface area contributed by atoms with Crippen LogP contribution in [0.15, 0.2) is 53.4 Å². The number of hydrogen-bond donors (Lipinski definition) is 0. The van der Waals surface area contributed by atoms with Gasteiger partial charge in [0.05, 0.1) is 11.3 Å². The molecule has 2 aromatic heterocycles. The van der Waals surface area contributed by atoms with Crippen molar-refractivity contribution in [2.24, 2.45) is 0 Å². The van der Waals surface area contributed by atoms with Crippen molar-refractivity contribution in [3.63, 3.8) is 0 Å². The summed E-state index contributed by atoms with van der Waals surface area (Å²) in [5, 5.41) is 4.52. The highest BCUT2D eigenvalue weighted by Gasteiger charge is 2.12. The van der Waals surface area contributed by atoms with Gasteiger partial charge in [0.1, 0.15) is 5.69 Å². The Balaban J connectivity index is 2.10. The van der Waals surface area contributed by atoms with E-state index in [9.17, 15) is 4.79 Å². The van der Waals surface area contributed by atoms with Gasteiger partial charge in [0.2, 0.25) is 0 Å². The number of rotatable bonds is 3. The smallest absolute Gasteiger partial charge is 0.153 e. The Hall–Kier alpha value is -2.27. The van der Waals surface area contributed by atoms with E-state index < -0.39 is 0 Å². The van der Waals surface area contributed by atoms with E-state index in [1.54, 1.807) is 23.3 Å². The molecule has 4 nitrogen and oxygen atoms in total. The number of benzene rings is 1. The second-order valence-corrected chi connectivity index (χ2v) is 5.64. The summed E-state index contributed by atoms with van der Waals surface area (Å²) in [6, 6.07) is 9.71. The summed E-state index contributed by atoms with van der Waals surface area (Å²) in [7, 11) is 0. The fraction of sp³-hybridized carbons (Fsp3) is 0.0625. The quantitative estimate of drug-likeness (QED) is 0.680. The van der Waals surface area contributed by atoms with E-state index in [1.165, 1.54) is 0 Å². The average molecular weight is 342 g/mol. The summed E-state index contributed by atoms with van der Waals surface area (Å²) in [4.78, 5) is 15.5. The summed E-state index contributed by atoms with van der Waals surface area (Å²) in [5.41, 5.74) is 3.96. The van der Waals surface area contributed by atoms with Crippen molar-refractivity contribution in [2.45, 2.75) is 6.92 Å². The molecule has 21 heavy (non-hydrogen) atoms. The van der Waals surface area contributed by atoms with Crippen LogP contribution in [0.4, 0.5) is 0 Å². The van der Waals surface area contributed by atoms with Gasteiger partial charge in [0.15, 0.2) is 6.29 Å². The molecule has 2 heterocycles. The molecule has 0 N–H and O–H groups in total. The number of aldehydes is 1. The van der Waals surface area contributed by atoms with Gasteiger partial charge in [-0.3, -0.25) is 9.78 Å². The van der Waals surface area contributed by atoms with Crippen molar-refractivity contribution < 1.29 is 4.79 Å². The minimum Gasteiger partial charge on any atom is -0.298 e. The fourth-order valence-corrected chi connectivity index (χ4v) is 2.37. The van der Waals surface area contributed by atoms with Gasteiger partial charge in [0.25, 0.3) is 0 Å². The monoisotopic (exact) mass is 341 g/mol. The molecule has 3 rings (SSSR count). The lowest BCUT2D eigenvalue weighted by Gasteiger charge is -2.01. The molecule has 0 radical (unpaired) electrons. The van der Waals surface area contributed by atoms with Crippen LogP contribution >= 0.6 is 15.9 Å². The Morgan fingerprint density at radius 1 is 1.19 bits per heavy atom. The van der Waals surface area contributed by atoms with Gasteiger partial charge in [-0.15, -0.1) is 0 Å². The maximum absolute atomic E-state index is 11.3. The van der Waals surface area contributed by atoms with Crippen molar-refractivity contribution in [3.05, 3.63) is 64.5 Å². The first-order valence-electron chi connectivity index (χ1n) is 6.40. The molecule has 0 saturated carbocycles. The van der Waals surface area contributed by atoms with E-state index in [1.807, 2.05) is 37.3 Å². The third kappa shape index (κ3) is 2.78. The molecule has 0 aliphatic heterocycles. The Morgan fingerprint density at radius 3 is 2.62 bits per heavy atom. The van der Waals surface area contributed by atoms with Gasteiger partial charge in [-0.05, 0) is 42.8 Å². The van der Waals surface area contributed by atoms with Gasteiger partial charge in [0, 0.05) is 28.6 Å². The average Bonchev–Trinajstić information content (AvgIpc) is 2.92. The molecule has 0 saturated heterocycles. The molecule has 1 aromatic carbocycles. The second-order valence-electron chi connectivity index (χ2n) is 4.72. The van der Waals surface area contributed by atoms with Crippen molar-refractivity contribution >= 4 is 22.2 Å². The first kappa shape index (κ1) is 13.7.